The predicted octanol–water partition coefficient (Wildman–Crippen LogP) is 2.77. The van der Waals surface area contributed by atoms with Gasteiger partial charge in [-0.3, -0.25) is 4.79 Å². The van der Waals surface area contributed by atoms with Crippen molar-refractivity contribution in [3.8, 4) is 0 Å². The summed E-state index contributed by atoms with van der Waals surface area (Å²) in [4.78, 5) is 21.4. The Morgan fingerprint density at radius 3 is 2.68 bits per heavy atom. The minimum Gasteiger partial charge on any atom is -0.398 e. The van der Waals surface area contributed by atoms with E-state index in [1.54, 1.807) is 17.0 Å². The van der Waals surface area contributed by atoms with Crippen molar-refractivity contribution in [3.05, 3.63) is 28.8 Å². The average Bonchev–Trinajstić information content (AvgIpc) is 2.77. The molecule has 0 radical (unpaired) electrons. The molecule has 0 fully saturated rings. The minimum atomic E-state index is -0.126. The van der Waals surface area contributed by atoms with Crippen LogP contribution >= 0.6 is 11.6 Å². The van der Waals surface area contributed by atoms with Crippen molar-refractivity contribution in [1.29, 1.82) is 0 Å². The number of hydrogen-bond donors (Lipinski definition) is 0. The Bertz CT molecular complexity index is 571. The van der Waals surface area contributed by atoms with Crippen molar-refractivity contribution < 1.29 is 9.63 Å². The molecule has 1 aromatic rings. The van der Waals surface area contributed by atoms with E-state index in [0.717, 1.165) is 37.3 Å². The smallest absolute Gasteiger partial charge is 0.281 e. The summed E-state index contributed by atoms with van der Waals surface area (Å²) in [6.45, 7) is 7.96. The summed E-state index contributed by atoms with van der Waals surface area (Å²) in [5.41, 5.74) is 1.91. The van der Waals surface area contributed by atoms with Gasteiger partial charge in [-0.15, -0.1) is 0 Å². The number of fused-ring (bicyclic) bond motifs is 1. The highest BCUT2D eigenvalue weighted by atomic mass is 35.5. The molecule has 1 aliphatic heterocycles. The molecule has 0 aromatic heterocycles. The summed E-state index contributed by atoms with van der Waals surface area (Å²) in [5.74, 6) is -0.126. The number of rotatable bonds is 7. The highest BCUT2D eigenvalue weighted by molar-refractivity contribution is 6.54. The molecular weight excluding hydrogens is 302 g/mol. The third-order valence-electron chi connectivity index (χ3n) is 3.89. The minimum absolute atomic E-state index is 0.126. The number of benzene rings is 1. The first-order chi connectivity index (χ1) is 10.6. The molecule has 0 unspecified atom stereocenters. The summed E-state index contributed by atoms with van der Waals surface area (Å²) < 4.78 is 0. The number of nitrogens with zero attached hydrogens (tertiary/aromatic N) is 3. The molecule has 1 heterocycles. The van der Waals surface area contributed by atoms with Crippen molar-refractivity contribution in [1.82, 2.24) is 4.90 Å². The second-order valence-corrected chi connectivity index (χ2v) is 5.56. The van der Waals surface area contributed by atoms with Crippen LogP contribution in [0.25, 0.3) is 0 Å². The van der Waals surface area contributed by atoms with Crippen molar-refractivity contribution >= 4 is 28.9 Å². The maximum atomic E-state index is 12.5. The molecule has 0 bridgehead atoms. The maximum absolute atomic E-state index is 12.5. The van der Waals surface area contributed by atoms with E-state index in [1.807, 2.05) is 6.07 Å². The van der Waals surface area contributed by atoms with Gasteiger partial charge in [0.05, 0.1) is 5.69 Å². The third kappa shape index (κ3) is 3.42. The number of oxime groups is 1. The lowest BCUT2D eigenvalue weighted by Crippen LogP contribution is -2.33. The molecule has 1 amide bonds. The summed E-state index contributed by atoms with van der Waals surface area (Å²) in [5, 5.41) is 4.45. The van der Waals surface area contributed by atoms with Gasteiger partial charge in [-0.1, -0.05) is 30.6 Å². The van der Waals surface area contributed by atoms with Crippen LogP contribution in [0.15, 0.2) is 23.4 Å². The molecular formula is C16H22ClN3O2. The lowest BCUT2D eigenvalue weighted by molar-refractivity contribution is -0.112. The number of hydrogen-bond acceptors (Lipinski definition) is 4. The van der Waals surface area contributed by atoms with Crippen LogP contribution in [-0.2, 0) is 9.63 Å². The van der Waals surface area contributed by atoms with E-state index >= 15 is 0 Å². The van der Waals surface area contributed by atoms with Crippen LogP contribution in [0, 0.1) is 0 Å². The zero-order chi connectivity index (χ0) is 16.1. The zero-order valence-corrected chi connectivity index (χ0v) is 14.1. The number of amides is 1. The van der Waals surface area contributed by atoms with E-state index in [4.69, 9.17) is 16.4 Å². The van der Waals surface area contributed by atoms with Crippen molar-refractivity contribution in [2.75, 3.05) is 38.2 Å². The van der Waals surface area contributed by atoms with Crippen LogP contribution in [0.1, 0.15) is 25.8 Å². The first kappa shape index (κ1) is 16.8. The number of carbonyl (C=O) groups is 1. The van der Waals surface area contributed by atoms with Crippen LogP contribution in [0.2, 0.25) is 5.02 Å². The SMILES string of the molecule is CCN(CC)CCCN1C(=O)/C(=N\OC)c2cc(Cl)ccc21. The van der Waals surface area contributed by atoms with Crippen LogP contribution in [-0.4, -0.2) is 49.8 Å². The van der Waals surface area contributed by atoms with Gasteiger partial charge in [0.25, 0.3) is 5.91 Å². The van der Waals surface area contributed by atoms with Crippen molar-refractivity contribution in [2.24, 2.45) is 5.16 Å². The van der Waals surface area contributed by atoms with Gasteiger partial charge in [0.2, 0.25) is 0 Å². The Labute approximate surface area is 136 Å². The van der Waals surface area contributed by atoms with Gasteiger partial charge >= 0.3 is 0 Å². The quantitative estimate of drug-likeness (QED) is 0.725. The van der Waals surface area contributed by atoms with Gasteiger partial charge in [0.1, 0.15) is 7.11 Å². The molecule has 6 heteroatoms. The van der Waals surface area contributed by atoms with Crippen LogP contribution in [0.3, 0.4) is 0 Å². The second-order valence-electron chi connectivity index (χ2n) is 5.12. The number of anilines is 1. The van der Waals surface area contributed by atoms with Crippen LogP contribution in [0.4, 0.5) is 5.69 Å². The normalized spacial score (nSPS) is 15.8. The van der Waals surface area contributed by atoms with Gasteiger partial charge in [0, 0.05) is 17.1 Å². The number of carbonyl (C=O) groups excluding carboxylic acids is 1. The summed E-state index contributed by atoms with van der Waals surface area (Å²) in [7, 11) is 1.44. The Morgan fingerprint density at radius 2 is 2.05 bits per heavy atom. The van der Waals surface area contributed by atoms with Crippen LogP contribution in [0.5, 0.6) is 0 Å². The molecule has 0 atom stereocenters. The molecule has 22 heavy (non-hydrogen) atoms. The highest BCUT2D eigenvalue weighted by Crippen LogP contribution is 2.31. The summed E-state index contributed by atoms with van der Waals surface area (Å²) in [6, 6.07) is 5.42. The topological polar surface area (TPSA) is 45.1 Å². The predicted molar refractivity (Wildman–Crippen MR) is 89.8 cm³/mol. The van der Waals surface area contributed by atoms with E-state index in [9.17, 15) is 4.79 Å². The largest absolute Gasteiger partial charge is 0.398 e. The fraction of sp³-hybridized carbons (Fsp3) is 0.500. The average molecular weight is 324 g/mol. The lowest BCUT2D eigenvalue weighted by atomic mass is 10.1. The van der Waals surface area contributed by atoms with Crippen molar-refractivity contribution in [3.63, 3.8) is 0 Å². The molecule has 0 aliphatic carbocycles. The number of halogens is 1. The molecule has 5 nitrogen and oxygen atoms in total. The highest BCUT2D eigenvalue weighted by Gasteiger charge is 2.34. The molecule has 120 valence electrons. The van der Waals surface area contributed by atoms with E-state index in [-0.39, 0.29) is 5.91 Å². The van der Waals surface area contributed by atoms with Gasteiger partial charge in [0.15, 0.2) is 5.71 Å². The van der Waals surface area contributed by atoms with Crippen molar-refractivity contribution in [2.45, 2.75) is 20.3 Å². The first-order valence-corrected chi connectivity index (χ1v) is 7.95. The molecule has 1 aliphatic rings. The Morgan fingerprint density at radius 1 is 1.32 bits per heavy atom. The molecule has 0 spiro atoms. The fourth-order valence-electron chi connectivity index (χ4n) is 2.68. The van der Waals surface area contributed by atoms with Crippen LogP contribution < -0.4 is 4.90 Å². The Balaban J connectivity index is 2.16. The monoisotopic (exact) mass is 323 g/mol. The molecule has 0 N–H and O–H groups in total. The fourth-order valence-corrected chi connectivity index (χ4v) is 2.85. The van der Waals surface area contributed by atoms with Gasteiger partial charge < -0.3 is 14.6 Å². The molecule has 0 saturated heterocycles. The summed E-state index contributed by atoms with van der Waals surface area (Å²) in [6.07, 6.45) is 0.912. The molecule has 0 saturated carbocycles. The van der Waals surface area contributed by atoms with Gasteiger partial charge in [-0.2, -0.15) is 0 Å². The van der Waals surface area contributed by atoms with E-state index in [2.05, 4.69) is 23.9 Å². The zero-order valence-electron chi connectivity index (χ0n) is 13.3. The first-order valence-electron chi connectivity index (χ1n) is 7.57. The molecule has 2 rings (SSSR count). The maximum Gasteiger partial charge on any atom is 0.281 e. The summed E-state index contributed by atoms with van der Waals surface area (Å²) >= 11 is 6.04. The Hall–Kier alpha value is -1.59. The van der Waals surface area contributed by atoms with E-state index in [1.165, 1.54) is 7.11 Å². The Kier molecular flexibility index (Phi) is 5.80. The lowest BCUT2D eigenvalue weighted by Gasteiger charge is -2.21. The van der Waals surface area contributed by atoms with Gasteiger partial charge in [-0.05, 0) is 44.3 Å². The molecule has 1 aromatic carbocycles. The van der Waals surface area contributed by atoms with E-state index in [0.29, 0.717) is 17.3 Å². The van der Waals surface area contributed by atoms with Gasteiger partial charge in [-0.25, -0.2) is 0 Å². The third-order valence-corrected chi connectivity index (χ3v) is 4.12. The van der Waals surface area contributed by atoms with E-state index < -0.39 is 0 Å². The standard InChI is InChI=1S/C16H22ClN3O2/c1-4-19(5-2)9-6-10-20-14-8-7-12(17)11-13(14)15(16(20)21)18-22-3/h7-8,11H,4-6,9-10H2,1-3H3/b18-15-. The second kappa shape index (κ2) is 7.61.